The third-order valence-electron chi connectivity index (χ3n) is 4.60. The first-order valence-corrected chi connectivity index (χ1v) is 8.59. The molecule has 0 aliphatic carbocycles. The molecule has 3 aromatic rings. The van der Waals surface area contributed by atoms with E-state index in [-0.39, 0.29) is 11.6 Å². The molecule has 1 amide bonds. The predicted molar refractivity (Wildman–Crippen MR) is 102 cm³/mol. The number of non-ortho nitro benzene ring substituents is 1. The lowest BCUT2D eigenvalue weighted by Crippen LogP contribution is -2.32. The molecule has 0 unspecified atom stereocenters. The number of carbonyl (C=O) groups excluding carboxylic acids is 1. The number of hydrogen-bond donors (Lipinski definition) is 0. The molecular formula is C19H17N5O3. The summed E-state index contributed by atoms with van der Waals surface area (Å²) in [5.74, 6) is 0.921. The minimum absolute atomic E-state index is 0.0478. The molecule has 1 aromatic heterocycles. The summed E-state index contributed by atoms with van der Waals surface area (Å²) in [6.45, 7) is 1.25. The third kappa shape index (κ3) is 3.05. The highest BCUT2D eigenvalue weighted by Crippen LogP contribution is 2.31. The smallest absolute Gasteiger partial charge is 0.269 e. The summed E-state index contributed by atoms with van der Waals surface area (Å²) < 4.78 is 0. The van der Waals surface area contributed by atoms with Crippen molar-refractivity contribution in [2.75, 3.05) is 29.9 Å². The molecule has 8 heteroatoms. The normalized spacial score (nSPS) is 14.0. The topological polar surface area (TPSA) is 92.5 Å². The van der Waals surface area contributed by atoms with Crippen LogP contribution < -0.4 is 9.80 Å². The van der Waals surface area contributed by atoms with Gasteiger partial charge in [0, 0.05) is 37.8 Å². The Hall–Kier alpha value is -3.55. The zero-order valence-corrected chi connectivity index (χ0v) is 14.7. The number of nitrogens with zero attached hydrogens (tertiary/aromatic N) is 5. The van der Waals surface area contributed by atoms with Crippen molar-refractivity contribution >= 4 is 34.3 Å². The fourth-order valence-corrected chi connectivity index (χ4v) is 3.18. The van der Waals surface area contributed by atoms with Gasteiger partial charge in [-0.05, 0) is 30.7 Å². The van der Waals surface area contributed by atoms with Crippen LogP contribution in [0.5, 0.6) is 0 Å². The lowest BCUT2D eigenvalue weighted by atomic mass is 10.1. The van der Waals surface area contributed by atoms with E-state index >= 15 is 0 Å². The molecule has 2 heterocycles. The second kappa shape index (κ2) is 6.64. The Bertz CT molecular complexity index is 1040. The first kappa shape index (κ1) is 16.9. The van der Waals surface area contributed by atoms with Gasteiger partial charge in [-0.3, -0.25) is 19.8 Å². The second-order valence-electron chi connectivity index (χ2n) is 6.40. The van der Waals surface area contributed by atoms with Crippen LogP contribution >= 0.6 is 0 Å². The van der Waals surface area contributed by atoms with Gasteiger partial charge in [-0.2, -0.15) is 0 Å². The highest BCUT2D eigenvalue weighted by atomic mass is 16.6. The molecule has 8 nitrogen and oxygen atoms in total. The number of para-hydroxylation sites is 2. The molecule has 0 saturated carbocycles. The van der Waals surface area contributed by atoms with Crippen molar-refractivity contribution in [1.82, 2.24) is 9.97 Å². The number of benzene rings is 2. The van der Waals surface area contributed by atoms with E-state index in [0.29, 0.717) is 29.3 Å². The van der Waals surface area contributed by atoms with E-state index in [9.17, 15) is 14.9 Å². The molecule has 4 rings (SSSR count). The van der Waals surface area contributed by atoms with Crippen molar-refractivity contribution in [2.24, 2.45) is 0 Å². The van der Waals surface area contributed by atoms with E-state index in [0.717, 1.165) is 18.5 Å². The summed E-state index contributed by atoms with van der Waals surface area (Å²) in [4.78, 5) is 36.5. The molecule has 0 N–H and O–H groups in total. The van der Waals surface area contributed by atoms with Gasteiger partial charge in [0.25, 0.3) is 11.6 Å². The van der Waals surface area contributed by atoms with Gasteiger partial charge in [-0.15, -0.1) is 0 Å². The fraction of sp³-hybridized carbons (Fsp3) is 0.211. The van der Waals surface area contributed by atoms with Crippen molar-refractivity contribution in [3.8, 4) is 0 Å². The van der Waals surface area contributed by atoms with Crippen molar-refractivity contribution in [3.63, 3.8) is 0 Å². The molecule has 0 fully saturated rings. The Morgan fingerprint density at radius 3 is 2.26 bits per heavy atom. The number of anilines is 2. The van der Waals surface area contributed by atoms with Crippen LogP contribution in [0.2, 0.25) is 0 Å². The number of rotatable bonds is 2. The number of nitro groups is 1. The molecule has 0 spiro atoms. The van der Waals surface area contributed by atoms with Crippen LogP contribution in [0.25, 0.3) is 11.0 Å². The molecule has 1 aliphatic rings. The number of amides is 1. The van der Waals surface area contributed by atoms with Crippen LogP contribution in [0.1, 0.15) is 16.8 Å². The summed E-state index contributed by atoms with van der Waals surface area (Å²) in [5, 5.41) is 10.8. The van der Waals surface area contributed by atoms with Gasteiger partial charge in [0.1, 0.15) is 0 Å². The minimum Gasteiger partial charge on any atom is -0.357 e. The number of aromatic nitrogens is 2. The van der Waals surface area contributed by atoms with Gasteiger partial charge in [0.15, 0.2) is 11.6 Å². The zero-order chi connectivity index (χ0) is 19.0. The zero-order valence-electron chi connectivity index (χ0n) is 14.7. The van der Waals surface area contributed by atoms with Crippen LogP contribution in [0.3, 0.4) is 0 Å². The minimum atomic E-state index is -0.484. The Morgan fingerprint density at radius 2 is 1.63 bits per heavy atom. The molecule has 0 bridgehead atoms. The van der Waals surface area contributed by atoms with Gasteiger partial charge in [0.05, 0.1) is 16.0 Å². The first-order valence-electron chi connectivity index (χ1n) is 8.59. The van der Waals surface area contributed by atoms with E-state index in [1.54, 1.807) is 4.90 Å². The molecule has 0 radical (unpaired) electrons. The average molecular weight is 363 g/mol. The Kier molecular flexibility index (Phi) is 4.15. The van der Waals surface area contributed by atoms with E-state index in [4.69, 9.17) is 9.97 Å². The van der Waals surface area contributed by atoms with Crippen LogP contribution in [0.15, 0.2) is 48.5 Å². The average Bonchev–Trinajstić information content (AvgIpc) is 2.84. The highest BCUT2D eigenvalue weighted by Gasteiger charge is 2.27. The molecule has 0 atom stereocenters. The molecule has 2 aromatic carbocycles. The maximum atomic E-state index is 13.1. The van der Waals surface area contributed by atoms with Crippen LogP contribution in [-0.2, 0) is 0 Å². The van der Waals surface area contributed by atoms with Gasteiger partial charge in [-0.25, -0.2) is 9.97 Å². The van der Waals surface area contributed by atoms with E-state index in [2.05, 4.69) is 0 Å². The lowest BCUT2D eigenvalue weighted by Gasteiger charge is -2.22. The summed E-state index contributed by atoms with van der Waals surface area (Å²) in [6.07, 6.45) is 0.767. The Labute approximate surface area is 155 Å². The second-order valence-corrected chi connectivity index (χ2v) is 6.40. The number of carbonyl (C=O) groups is 1. The molecule has 0 saturated heterocycles. The standard InChI is InChI=1S/C19H17N5O3/c1-22-11-4-12-23(19(25)13-7-9-14(10-8-13)24(26)27)18-17(22)20-15-5-2-3-6-16(15)21-18/h2-3,5-10H,4,11-12H2,1H3. The summed E-state index contributed by atoms with van der Waals surface area (Å²) in [6, 6.07) is 13.2. The third-order valence-corrected chi connectivity index (χ3v) is 4.60. The molecule has 1 aliphatic heterocycles. The Balaban J connectivity index is 1.79. The van der Waals surface area contributed by atoms with E-state index in [1.807, 2.05) is 36.2 Å². The maximum absolute atomic E-state index is 13.1. The van der Waals surface area contributed by atoms with Crippen molar-refractivity contribution < 1.29 is 9.72 Å². The van der Waals surface area contributed by atoms with Crippen LogP contribution in [0, 0.1) is 10.1 Å². The number of fused-ring (bicyclic) bond motifs is 2. The predicted octanol–water partition coefficient (Wildman–Crippen LogP) is 3.02. The summed E-state index contributed by atoms with van der Waals surface area (Å²) in [5.41, 5.74) is 1.82. The fourth-order valence-electron chi connectivity index (χ4n) is 3.18. The number of nitro benzene ring substituents is 1. The largest absolute Gasteiger partial charge is 0.357 e. The quantitative estimate of drug-likeness (QED) is 0.513. The monoisotopic (exact) mass is 363 g/mol. The molecular weight excluding hydrogens is 346 g/mol. The molecule has 27 heavy (non-hydrogen) atoms. The molecule has 136 valence electrons. The van der Waals surface area contributed by atoms with Crippen molar-refractivity contribution in [1.29, 1.82) is 0 Å². The lowest BCUT2D eigenvalue weighted by molar-refractivity contribution is -0.384. The Morgan fingerprint density at radius 1 is 1.00 bits per heavy atom. The van der Waals surface area contributed by atoms with Crippen LogP contribution in [0.4, 0.5) is 17.3 Å². The maximum Gasteiger partial charge on any atom is 0.269 e. The van der Waals surface area contributed by atoms with Crippen LogP contribution in [-0.4, -0.2) is 40.9 Å². The summed E-state index contributed by atoms with van der Waals surface area (Å²) in [7, 11) is 1.93. The van der Waals surface area contributed by atoms with Gasteiger partial charge >= 0.3 is 0 Å². The highest BCUT2D eigenvalue weighted by molar-refractivity contribution is 6.07. The first-order chi connectivity index (χ1) is 13.0. The van der Waals surface area contributed by atoms with Gasteiger partial charge in [-0.1, -0.05) is 12.1 Å². The van der Waals surface area contributed by atoms with Crippen molar-refractivity contribution in [3.05, 3.63) is 64.2 Å². The van der Waals surface area contributed by atoms with Crippen molar-refractivity contribution in [2.45, 2.75) is 6.42 Å². The van der Waals surface area contributed by atoms with E-state index in [1.165, 1.54) is 24.3 Å². The summed E-state index contributed by atoms with van der Waals surface area (Å²) >= 11 is 0. The van der Waals surface area contributed by atoms with E-state index < -0.39 is 4.92 Å². The van der Waals surface area contributed by atoms with Gasteiger partial charge < -0.3 is 4.90 Å². The SMILES string of the molecule is CN1CCCN(C(=O)c2ccc([N+](=O)[O-])cc2)c2nc3ccccc3nc21. The van der Waals surface area contributed by atoms with Gasteiger partial charge in [0.2, 0.25) is 0 Å². The number of hydrogen-bond acceptors (Lipinski definition) is 6.